The molecule has 0 aliphatic carbocycles. The number of imide groups is 1. The molecule has 178 valence electrons. The number of carbonyl (C=O) groups excluding carboxylic acids is 4. The van der Waals surface area contributed by atoms with Crippen molar-refractivity contribution < 1.29 is 24.0 Å². The first-order valence-corrected chi connectivity index (χ1v) is 11.3. The van der Waals surface area contributed by atoms with Crippen molar-refractivity contribution in [3.63, 3.8) is 0 Å². The molecule has 2 fully saturated rings. The highest BCUT2D eigenvalue weighted by Gasteiger charge is 2.35. The Morgan fingerprint density at radius 1 is 0.882 bits per heavy atom. The Morgan fingerprint density at radius 3 is 2.15 bits per heavy atom. The lowest BCUT2D eigenvalue weighted by atomic mass is 9.98. The fourth-order valence-electron chi connectivity index (χ4n) is 4.09. The first-order chi connectivity index (χ1) is 16.3. The van der Waals surface area contributed by atoms with E-state index in [1.807, 2.05) is 48.5 Å². The van der Waals surface area contributed by atoms with Gasteiger partial charge in [-0.1, -0.05) is 42.5 Å². The van der Waals surface area contributed by atoms with Crippen molar-refractivity contribution in [3.8, 4) is 11.1 Å². The normalized spacial score (nSPS) is 16.6. The molecular formula is C25H28N4O5. The number of piperazine rings is 1. The van der Waals surface area contributed by atoms with E-state index in [1.165, 1.54) is 4.90 Å². The third-order valence-corrected chi connectivity index (χ3v) is 6.05. The van der Waals surface area contributed by atoms with Gasteiger partial charge in [0, 0.05) is 65.2 Å². The number of amides is 4. The highest BCUT2D eigenvalue weighted by molar-refractivity contribution is 6.01. The molecule has 2 heterocycles. The minimum Gasteiger partial charge on any atom is -0.345 e. The van der Waals surface area contributed by atoms with Crippen molar-refractivity contribution in [2.45, 2.75) is 19.4 Å². The lowest BCUT2D eigenvalue weighted by Gasteiger charge is -2.34. The van der Waals surface area contributed by atoms with E-state index < -0.39 is 17.9 Å². The highest BCUT2D eigenvalue weighted by atomic mass is 16.7. The molecule has 34 heavy (non-hydrogen) atoms. The number of carbonyl (C=O) groups is 4. The van der Waals surface area contributed by atoms with Gasteiger partial charge in [0.05, 0.1) is 0 Å². The van der Waals surface area contributed by atoms with Crippen LogP contribution in [0.5, 0.6) is 0 Å². The summed E-state index contributed by atoms with van der Waals surface area (Å²) in [5.74, 6) is -1.04. The molecule has 0 N–H and O–H groups in total. The smallest absolute Gasteiger partial charge is 0.345 e. The Balaban J connectivity index is 1.42. The predicted octanol–water partition coefficient (Wildman–Crippen LogP) is 2.37. The van der Waals surface area contributed by atoms with E-state index >= 15 is 0 Å². The minimum absolute atomic E-state index is 0.0602. The van der Waals surface area contributed by atoms with Crippen LogP contribution in [0.4, 0.5) is 4.79 Å². The lowest BCUT2D eigenvalue weighted by Crippen LogP contribution is -2.50. The van der Waals surface area contributed by atoms with E-state index in [4.69, 9.17) is 4.84 Å². The monoisotopic (exact) mass is 464 g/mol. The molecule has 2 aromatic carbocycles. The summed E-state index contributed by atoms with van der Waals surface area (Å²) < 4.78 is 0. The van der Waals surface area contributed by atoms with Crippen LogP contribution in [0, 0.1) is 0 Å². The fraction of sp³-hybridized carbons (Fsp3) is 0.360. The van der Waals surface area contributed by atoms with Crippen LogP contribution in [0.2, 0.25) is 0 Å². The SMILES string of the molecule is CN(C)C(=O)c1cc(-c2ccccc2)ccc1CN1CCN(C(=O)ON2C(=O)CCC2=O)CC1. The molecule has 2 saturated heterocycles. The van der Waals surface area contributed by atoms with Crippen LogP contribution in [0.1, 0.15) is 28.8 Å². The topological polar surface area (TPSA) is 90.5 Å². The molecule has 0 spiro atoms. The number of hydroxylamine groups is 2. The zero-order valence-corrected chi connectivity index (χ0v) is 19.4. The summed E-state index contributed by atoms with van der Waals surface area (Å²) in [6.07, 6.45) is -0.563. The van der Waals surface area contributed by atoms with Crippen molar-refractivity contribution in [2.75, 3.05) is 40.3 Å². The molecule has 9 heteroatoms. The Bertz CT molecular complexity index is 1080. The molecule has 2 aliphatic heterocycles. The van der Waals surface area contributed by atoms with Crippen molar-refractivity contribution >= 4 is 23.8 Å². The van der Waals surface area contributed by atoms with Gasteiger partial charge in [-0.2, -0.15) is 0 Å². The van der Waals surface area contributed by atoms with E-state index in [0.717, 1.165) is 16.7 Å². The summed E-state index contributed by atoms with van der Waals surface area (Å²) in [5.41, 5.74) is 3.60. The van der Waals surface area contributed by atoms with Gasteiger partial charge < -0.3 is 14.6 Å². The molecule has 0 unspecified atom stereocenters. The van der Waals surface area contributed by atoms with Gasteiger partial charge in [-0.25, -0.2) is 4.79 Å². The second-order valence-electron chi connectivity index (χ2n) is 8.64. The quantitative estimate of drug-likeness (QED) is 0.631. The average Bonchev–Trinajstić information content (AvgIpc) is 3.16. The number of hydrogen-bond acceptors (Lipinski definition) is 6. The third kappa shape index (κ3) is 5.09. The molecule has 2 aliphatic rings. The zero-order chi connectivity index (χ0) is 24.2. The van der Waals surface area contributed by atoms with E-state index in [-0.39, 0.29) is 18.7 Å². The van der Waals surface area contributed by atoms with Crippen LogP contribution in [-0.2, 0) is 21.0 Å². The Morgan fingerprint density at radius 2 is 1.53 bits per heavy atom. The molecule has 0 atom stereocenters. The highest BCUT2D eigenvalue weighted by Crippen LogP contribution is 2.25. The molecule has 0 aromatic heterocycles. The molecule has 0 radical (unpaired) electrons. The van der Waals surface area contributed by atoms with E-state index in [1.54, 1.807) is 19.0 Å². The molecular weight excluding hydrogens is 436 g/mol. The van der Waals surface area contributed by atoms with Crippen LogP contribution in [0.25, 0.3) is 11.1 Å². The molecule has 4 amide bonds. The lowest BCUT2D eigenvalue weighted by molar-refractivity contribution is -0.174. The molecule has 0 bridgehead atoms. The molecule has 4 rings (SSSR count). The van der Waals surface area contributed by atoms with Gasteiger partial charge in [-0.15, -0.1) is 5.06 Å². The van der Waals surface area contributed by atoms with E-state index in [2.05, 4.69) is 4.90 Å². The van der Waals surface area contributed by atoms with Crippen LogP contribution in [0.15, 0.2) is 48.5 Å². The Labute approximate surface area is 198 Å². The summed E-state index contributed by atoms with van der Waals surface area (Å²) in [6.45, 7) is 2.51. The van der Waals surface area contributed by atoms with Gasteiger partial charge in [0.2, 0.25) is 0 Å². The fourth-order valence-corrected chi connectivity index (χ4v) is 4.09. The van der Waals surface area contributed by atoms with Crippen molar-refractivity contribution in [3.05, 3.63) is 59.7 Å². The Hall–Kier alpha value is -3.72. The largest absolute Gasteiger partial charge is 0.434 e. The number of benzene rings is 2. The summed E-state index contributed by atoms with van der Waals surface area (Å²) in [6, 6.07) is 15.9. The molecule has 9 nitrogen and oxygen atoms in total. The number of rotatable bonds is 5. The second kappa shape index (κ2) is 10.0. The van der Waals surface area contributed by atoms with E-state index in [9.17, 15) is 19.2 Å². The molecule has 0 saturated carbocycles. The van der Waals surface area contributed by atoms with Crippen molar-refractivity contribution in [1.29, 1.82) is 0 Å². The van der Waals surface area contributed by atoms with Gasteiger partial charge in [-0.3, -0.25) is 19.3 Å². The van der Waals surface area contributed by atoms with Gasteiger partial charge >= 0.3 is 6.09 Å². The molecule has 2 aromatic rings. The maximum atomic E-state index is 12.9. The number of nitrogens with zero attached hydrogens (tertiary/aromatic N) is 4. The summed E-state index contributed by atoms with van der Waals surface area (Å²) in [5, 5.41) is 0.572. The summed E-state index contributed by atoms with van der Waals surface area (Å²) in [4.78, 5) is 58.9. The average molecular weight is 465 g/mol. The maximum absolute atomic E-state index is 12.9. The zero-order valence-electron chi connectivity index (χ0n) is 19.4. The Kier molecular flexibility index (Phi) is 6.93. The number of hydrogen-bond donors (Lipinski definition) is 0. The van der Waals surface area contributed by atoms with Gasteiger partial charge in [0.15, 0.2) is 0 Å². The standard InChI is InChI=1S/C25H28N4O5/c1-26(2)24(32)21-16-19(18-6-4-3-5-7-18)8-9-20(21)17-27-12-14-28(15-13-27)25(33)34-29-22(30)10-11-23(29)31/h3-9,16H,10-15,17H2,1-2H3. The first-order valence-electron chi connectivity index (χ1n) is 11.3. The predicted molar refractivity (Wildman–Crippen MR) is 124 cm³/mol. The van der Waals surface area contributed by atoms with Crippen LogP contribution < -0.4 is 0 Å². The summed E-state index contributed by atoms with van der Waals surface area (Å²) >= 11 is 0. The maximum Gasteiger partial charge on any atom is 0.434 e. The second-order valence-corrected chi connectivity index (χ2v) is 8.64. The van der Waals surface area contributed by atoms with Crippen molar-refractivity contribution in [1.82, 2.24) is 19.8 Å². The van der Waals surface area contributed by atoms with Crippen LogP contribution >= 0.6 is 0 Å². The van der Waals surface area contributed by atoms with Crippen molar-refractivity contribution in [2.24, 2.45) is 0 Å². The first kappa shape index (κ1) is 23.4. The van der Waals surface area contributed by atoms with Crippen LogP contribution in [-0.4, -0.2) is 83.9 Å². The third-order valence-electron chi connectivity index (χ3n) is 6.05. The van der Waals surface area contributed by atoms with Crippen LogP contribution in [0.3, 0.4) is 0 Å². The van der Waals surface area contributed by atoms with Gasteiger partial charge in [0.1, 0.15) is 0 Å². The summed E-state index contributed by atoms with van der Waals surface area (Å²) in [7, 11) is 3.48. The minimum atomic E-state index is -0.695. The van der Waals surface area contributed by atoms with Gasteiger partial charge in [0.25, 0.3) is 17.7 Å². The van der Waals surface area contributed by atoms with E-state index in [0.29, 0.717) is 43.4 Å². The van der Waals surface area contributed by atoms with Gasteiger partial charge in [-0.05, 0) is 22.8 Å².